The minimum atomic E-state index is -0.482. The van der Waals surface area contributed by atoms with E-state index in [1.807, 2.05) is 11.3 Å². The summed E-state index contributed by atoms with van der Waals surface area (Å²) in [6.07, 6.45) is 1.39. The second kappa shape index (κ2) is 13.9. The Hall–Kier alpha value is -7.80. The van der Waals surface area contributed by atoms with E-state index in [1.165, 1.54) is 64.0 Å². The first-order valence-corrected chi connectivity index (χ1v) is 22.9. The van der Waals surface area contributed by atoms with Crippen LogP contribution in [0.2, 0.25) is 0 Å². The van der Waals surface area contributed by atoms with Crippen molar-refractivity contribution in [3.05, 3.63) is 216 Å². The summed E-state index contributed by atoms with van der Waals surface area (Å²) in [5.41, 5.74) is 12.5. The molecular weight excluding hydrogens is 801 g/mol. The fourth-order valence-electron chi connectivity index (χ4n) is 10.7. The van der Waals surface area contributed by atoms with Gasteiger partial charge in [-0.3, -0.25) is 0 Å². The average molecular weight is 839 g/mol. The van der Waals surface area contributed by atoms with Gasteiger partial charge in [0.2, 0.25) is 6.29 Å². The van der Waals surface area contributed by atoms with E-state index < -0.39 is 6.29 Å². The molecule has 4 heterocycles. The molecule has 1 aliphatic carbocycles. The number of para-hydroxylation sites is 3. The molecule has 5 nitrogen and oxygen atoms in total. The molecule has 0 saturated carbocycles. The van der Waals surface area contributed by atoms with Gasteiger partial charge in [0.25, 0.3) is 0 Å². The minimum absolute atomic E-state index is 0.0582. The van der Waals surface area contributed by atoms with Crippen molar-refractivity contribution in [3.63, 3.8) is 0 Å². The zero-order valence-electron chi connectivity index (χ0n) is 34.6. The number of aliphatic imine (C=N–C) groups is 2. The highest BCUT2D eigenvalue weighted by molar-refractivity contribution is 7.25. The number of rotatable bonds is 4. The molecule has 2 unspecified atom stereocenters. The quantitative estimate of drug-likeness (QED) is 0.192. The molecule has 0 amide bonds. The minimum Gasteiger partial charge on any atom is -0.456 e. The highest BCUT2D eigenvalue weighted by Crippen LogP contribution is 2.46. The van der Waals surface area contributed by atoms with Gasteiger partial charge in [-0.05, 0) is 107 Å². The summed E-state index contributed by atoms with van der Waals surface area (Å²) in [4.78, 5) is 11.1. The van der Waals surface area contributed by atoms with E-state index in [0.29, 0.717) is 5.84 Å². The van der Waals surface area contributed by atoms with E-state index in [1.54, 1.807) is 0 Å². The van der Waals surface area contributed by atoms with E-state index in [4.69, 9.17) is 14.4 Å². The number of hydrogen-bond donors (Lipinski definition) is 1. The predicted molar refractivity (Wildman–Crippen MR) is 267 cm³/mol. The van der Waals surface area contributed by atoms with Crippen molar-refractivity contribution in [2.75, 3.05) is 0 Å². The molecule has 0 bridgehead atoms. The van der Waals surface area contributed by atoms with Crippen LogP contribution in [0.15, 0.2) is 202 Å². The number of fused-ring (bicyclic) bond motifs is 13. The second-order valence-electron chi connectivity index (χ2n) is 17.2. The number of amidine groups is 2. The number of aromatic nitrogens is 1. The molecule has 2 atom stereocenters. The van der Waals surface area contributed by atoms with Crippen LogP contribution < -0.4 is 5.32 Å². The first-order chi connectivity index (χ1) is 31.7. The van der Waals surface area contributed by atoms with Crippen LogP contribution in [0.5, 0.6) is 0 Å². The molecule has 64 heavy (non-hydrogen) atoms. The van der Waals surface area contributed by atoms with E-state index in [0.717, 1.165) is 68.3 Å². The van der Waals surface area contributed by atoms with Gasteiger partial charge in [-0.2, -0.15) is 0 Å². The number of nitrogens with zero attached hydrogens (tertiary/aromatic N) is 3. The Bertz CT molecular complexity index is 3920. The molecule has 0 radical (unpaired) electrons. The molecule has 3 aromatic heterocycles. The van der Waals surface area contributed by atoms with Crippen molar-refractivity contribution < 1.29 is 4.42 Å². The third-order valence-corrected chi connectivity index (χ3v) is 14.8. The predicted octanol–water partition coefficient (Wildman–Crippen LogP) is 14.9. The standard InChI is InChI=1S/C58H38N4OS/c1-2-14-35-30-46-36(29-34(35)13-1)25-27-41(39-15-3-4-16-40(39)46)48-32-38(33-49-44-19-7-11-23-52(44)63-55(48)49)57-59-56(37-26-28-54-47(31-37)45-20-8-12-24-53(45)64-54)60-58(61-57)62-50-21-9-5-17-42(50)43-18-6-10-22-51(43)62/h1-24,26,28-33,41,58H,25,27H2,(H,59,60,61). The van der Waals surface area contributed by atoms with Crippen molar-refractivity contribution in [1.29, 1.82) is 0 Å². The van der Waals surface area contributed by atoms with Crippen LogP contribution in [0, 0.1) is 0 Å². The fourth-order valence-corrected chi connectivity index (χ4v) is 11.8. The van der Waals surface area contributed by atoms with Crippen LogP contribution in [0.3, 0.4) is 0 Å². The molecule has 0 saturated heterocycles. The molecule has 6 heteroatoms. The Morgan fingerprint density at radius 2 is 1.20 bits per heavy atom. The molecule has 14 rings (SSSR count). The number of benzene rings is 9. The topological polar surface area (TPSA) is 54.8 Å². The Morgan fingerprint density at radius 3 is 2.05 bits per heavy atom. The molecule has 1 aliphatic heterocycles. The summed E-state index contributed by atoms with van der Waals surface area (Å²) in [5.74, 6) is 1.53. The lowest BCUT2D eigenvalue weighted by Gasteiger charge is -2.26. The zero-order valence-corrected chi connectivity index (χ0v) is 35.4. The van der Waals surface area contributed by atoms with Crippen LogP contribution in [-0.2, 0) is 6.42 Å². The van der Waals surface area contributed by atoms with Crippen molar-refractivity contribution >= 4 is 97.7 Å². The van der Waals surface area contributed by atoms with Crippen LogP contribution in [0.1, 0.15) is 46.4 Å². The van der Waals surface area contributed by atoms with Crippen LogP contribution in [0.25, 0.3) is 85.8 Å². The lowest BCUT2D eigenvalue weighted by molar-refractivity contribution is 0.516. The van der Waals surface area contributed by atoms with Crippen molar-refractivity contribution in [3.8, 4) is 11.1 Å². The van der Waals surface area contributed by atoms with Gasteiger partial charge < -0.3 is 14.3 Å². The first kappa shape index (κ1) is 35.8. The number of thiophene rings is 1. The first-order valence-electron chi connectivity index (χ1n) is 22.1. The van der Waals surface area contributed by atoms with Gasteiger partial charge in [0.1, 0.15) is 17.0 Å². The monoisotopic (exact) mass is 838 g/mol. The number of furan rings is 1. The summed E-state index contributed by atoms with van der Waals surface area (Å²) >= 11 is 1.83. The molecule has 0 spiro atoms. The summed E-state index contributed by atoms with van der Waals surface area (Å²) in [7, 11) is 0. The zero-order chi connectivity index (χ0) is 41.9. The lowest BCUT2D eigenvalue weighted by Crippen LogP contribution is -2.36. The van der Waals surface area contributed by atoms with E-state index in [2.05, 4.69) is 198 Å². The lowest BCUT2D eigenvalue weighted by atomic mass is 9.84. The maximum absolute atomic E-state index is 6.92. The van der Waals surface area contributed by atoms with E-state index in [9.17, 15) is 0 Å². The molecule has 12 aromatic rings. The smallest absolute Gasteiger partial charge is 0.204 e. The van der Waals surface area contributed by atoms with E-state index in [-0.39, 0.29) is 5.92 Å². The fraction of sp³-hybridized carbons (Fsp3) is 0.0690. The Morgan fingerprint density at radius 1 is 0.531 bits per heavy atom. The maximum atomic E-state index is 6.92. The van der Waals surface area contributed by atoms with E-state index >= 15 is 0 Å². The Balaban J connectivity index is 1.01. The van der Waals surface area contributed by atoms with Gasteiger partial charge in [-0.25, -0.2) is 9.98 Å². The number of hydrogen-bond acceptors (Lipinski definition) is 5. The molecule has 1 N–H and O–H groups in total. The van der Waals surface area contributed by atoms with Gasteiger partial charge in [0.05, 0.1) is 11.0 Å². The highest BCUT2D eigenvalue weighted by Gasteiger charge is 2.30. The summed E-state index contributed by atoms with van der Waals surface area (Å²) in [6, 6.07) is 68.3. The molecule has 302 valence electrons. The molecule has 9 aromatic carbocycles. The summed E-state index contributed by atoms with van der Waals surface area (Å²) in [5, 5.41) is 13.4. The van der Waals surface area contributed by atoms with Crippen LogP contribution in [0.4, 0.5) is 0 Å². The van der Waals surface area contributed by atoms with Gasteiger partial charge in [-0.15, -0.1) is 11.3 Å². The van der Waals surface area contributed by atoms with Crippen molar-refractivity contribution in [2.24, 2.45) is 9.98 Å². The average Bonchev–Trinajstić information content (AvgIpc) is 4.00. The third-order valence-electron chi connectivity index (χ3n) is 13.7. The summed E-state index contributed by atoms with van der Waals surface area (Å²) < 4.78 is 11.8. The number of nitrogens with one attached hydrogen (secondary N) is 1. The Kier molecular flexibility index (Phi) is 7.74. The highest BCUT2D eigenvalue weighted by atomic mass is 32.1. The van der Waals surface area contributed by atoms with Gasteiger partial charge in [-0.1, -0.05) is 127 Å². The number of aryl methyl sites for hydroxylation is 1. The normalized spacial score (nSPS) is 16.3. The second-order valence-corrected chi connectivity index (χ2v) is 18.3. The third kappa shape index (κ3) is 5.42. The van der Waals surface area contributed by atoms with Crippen LogP contribution >= 0.6 is 11.3 Å². The molecular formula is C58H38N4OS. The maximum Gasteiger partial charge on any atom is 0.204 e. The van der Waals surface area contributed by atoms with Gasteiger partial charge >= 0.3 is 0 Å². The van der Waals surface area contributed by atoms with Crippen molar-refractivity contribution in [1.82, 2.24) is 9.88 Å². The Labute approximate surface area is 372 Å². The largest absolute Gasteiger partial charge is 0.456 e. The molecule has 2 aliphatic rings. The summed E-state index contributed by atoms with van der Waals surface area (Å²) in [6.45, 7) is 0. The van der Waals surface area contributed by atoms with Crippen LogP contribution in [-0.4, -0.2) is 16.2 Å². The van der Waals surface area contributed by atoms with Crippen molar-refractivity contribution in [2.45, 2.75) is 25.0 Å². The van der Waals surface area contributed by atoms with Gasteiger partial charge in [0, 0.05) is 64.3 Å². The van der Waals surface area contributed by atoms with Gasteiger partial charge in [0.15, 0.2) is 5.84 Å². The SMILES string of the molecule is c1ccc2c(c1)-c1cc3ccccc3cc1CCC2c1cc(C2=NC(n3c4ccccc4c4ccccc43)NC(c3ccc4sc5ccccc5c4c3)=N2)cc2c1oc1ccccc12. The molecule has 0 fully saturated rings.